The summed E-state index contributed by atoms with van der Waals surface area (Å²) in [6.07, 6.45) is 5.84. The van der Waals surface area contributed by atoms with Crippen molar-refractivity contribution in [1.29, 1.82) is 0 Å². The number of nitrogens with one attached hydrogen (secondary N) is 1. The highest BCUT2D eigenvalue weighted by Crippen LogP contribution is 2.17. The second-order valence-electron chi connectivity index (χ2n) is 5.73. The minimum absolute atomic E-state index is 0.429. The number of piperidine rings is 1. The first-order chi connectivity index (χ1) is 10.7. The van der Waals surface area contributed by atoms with Crippen molar-refractivity contribution in [2.45, 2.75) is 32.4 Å². The number of hydrogen-bond donors (Lipinski definition) is 1. The van der Waals surface area contributed by atoms with Crippen molar-refractivity contribution in [3.05, 3.63) is 46.6 Å². The summed E-state index contributed by atoms with van der Waals surface area (Å²) in [5.41, 5.74) is 2.10. The van der Waals surface area contributed by atoms with Gasteiger partial charge >= 0.3 is 0 Å². The zero-order valence-electron chi connectivity index (χ0n) is 12.7. The Kier molecular flexibility index (Phi) is 5.00. The fourth-order valence-electron chi connectivity index (χ4n) is 2.79. The number of likely N-dealkylation sites (tertiary alicyclic amines) is 1. The summed E-state index contributed by atoms with van der Waals surface area (Å²) in [6, 6.07) is 6.55. The molecule has 0 bridgehead atoms. The van der Waals surface area contributed by atoms with E-state index in [0.29, 0.717) is 6.04 Å². The summed E-state index contributed by atoms with van der Waals surface area (Å²) in [5, 5.41) is 3.53. The van der Waals surface area contributed by atoms with Crippen LogP contribution in [0.2, 0.25) is 0 Å². The van der Waals surface area contributed by atoms with E-state index in [1.807, 2.05) is 25.3 Å². The van der Waals surface area contributed by atoms with Gasteiger partial charge in [-0.3, -0.25) is 9.88 Å². The molecule has 0 aliphatic carbocycles. The van der Waals surface area contributed by atoms with Crippen molar-refractivity contribution in [2.24, 2.45) is 0 Å². The van der Waals surface area contributed by atoms with Gasteiger partial charge in [-0.1, -0.05) is 0 Å². The number of hydrogen-bond acceptors (Lipinski definition) is 5. The molecule has 1 atom stereocenters. The highest BCUT2D eigenvalue weighted by atomic mass is 79.9. The minimum atomic E-state index is 0.429. The minimum Gasteiger partial charge on any atom is -0.366 e. The lowest BCUT2D eigenvalue weighted by Crippen LogP contribution is -2.41. The zero-order valence-corrected chi connectivity index (χ0v) is 14.3. The average molecular weight is 362 g/mol. The maximum atomic E-state index is 4.46. The molecule has 3 rings (SSSR count). The molecule has 1 aliphatic rings. The van der Waals surface area contributed by atoms with Crippen LogP contribution in [0.25, 0.3) is 0 Å². The number of pyridine rings is 1. The number of anilines is 1. The Morgan fingerprint density at radius 1 is 1.32 bits per heavy atom. The second-order valence-corrected chi connectivity index (χ2v) is 6.65. The third kappa shape index (κ3) is 4.24. The first-order valence-electron chi connectivity index (χ1n) is 7.57. The molecule has 6 heteroatoms. The van der Waals surface area contributed by atoms with E-state index in [4.69, 9.17) is 0 Å². The Hall–Kier alpha value is -1.53. The molecule has 2 aromatic rings. The Balaban J connectivity index is 1.58. The van der Waals surface area contributed by atoms with Crippen LogP contribution in [-0.4, -0.2) is 39.0 Å². The molecule has 1 N–H and O–H groups in total. The molecular formula is C16H20BrN5. The van der Waals surface area contributed by atoms with Crippen LogP contribution in [0.15, 0.2) is 35.2 Å². The maximum absolute atomic E-state index is 4.46. The topological polar surface area (TPSA) is 53.9 Å². The van der Waals surface area contributed by atoms with Crippen LogP contribution in [0.4, 0.5) is 5.82 Å². The van der Waals surface area contributed by atoms with E-state index >= 15 is 0 Å². The van der Waals surface area contributed by atoms with Gasteiger partial charge in [-0.2, -0.15) is 0 Å². The van der Waals surface area contributed by atoms with Crippen LogP contribution < -0.4 is 5.32 Å². The SMILES string of the molecule is Cc1cc(NC2CCCN(Cc3ccc(Br)cn3)C2)ncn1. The van der Waals surface area contributed by atoms with Crippen LogP contribution in [-0.2, 0) is 6.54 Å². The number of rotatable bonds is 4. The fourth-order valence-corrected chi connectivity index (χ4v) is 3.02. The molecule has 1 aliphatic heterocycles. The van der Waals surface area contributed by atoms with E-state index in [1.54, 1.807) is 6.33 Å². The summed E-state index contributed by atoms with van der Waals surface area (Å²) in [5.74, 6) is 0.918. The van der Waals surface area contributed by atoms with Crippen LogP contribution in [0.5, 0.6) is 0 Å². The number of halogens is 1. The van der Waals surface area contributed by atoms with Crippen LogP contribution >= 0.6 is 15.9 Å². The molecule has 3 heterocycles. The standard InChI is InChI=1S/C16H20BrN5/c1-12-7-16(20-11-19-12)21-15-3-2-6-22(10-15)9-14-5-4-13(17)8-18-14/h4-5,7-8,11,15H,2-3,6,9-10H2,1H3,(H,19,20,21). The Labute approximate surface area is 139 Å². The third-order valence-corrected chi connectivity index (χ3v) is 4.30. The van der Waals surface area contributed by atoms with Gasteiger partial charge in [0.05, 0.1) is 5.69 Å². The molecule has 0 radical (unpaired) electrons. The van der Waals surface area contributed by atoms with Crippen LogP contribution in [0.3, 0.4) is 0 Å². The molecule has 0 aromatic carbocycles. The van der Waals surface area contributed by atoms with E-state index in [9.17, 15) is 0 Å². The number of aryl methyl sites for hydroxylation is 1. The highest BCUT2D eigenvalue weighted by molar-refractivity contribution is 9.10. The predicted octanol–water partition coefficient (Wildman–Crippen LogP) is 3.02. The monoisotopic (exact) mass is 361 g/mol. The molecular weight excluding hydrogens is 342 g/mol. The van der Waals surface area contributed by atoms with Gasteiger partial charge in [-0.15, -0.1) is 0 Å². The van der Waals surface area contributed by atoms with Crippen molar-refractivity contribution < 1.29 is 0 Å². The van der Waals surface area contributed by atoms with Gasteiger partial charge in [0, 0.05) is 41.6 Å². The quantitative estimate of drug-likeness (QED) is 0.906. The number of nitrogens with zero attached hydrogens (tertiary/aromatic N) is 4. The van der Waals surface area contributed by atoms with Gasteiger partial charge in [0.15, 0.2) is 0 Å². The maximum Gasteiger partial charge on any atom is 0.129 e. The summed E-state index contributed by atoms with van der Waals surface area (Å²) in [6.45, 7) is 5.02. The molecule has 2 aromatic heterocycles. The van der Waals surface area contributed by atoms with E-state index in [1.165, 1.54) is 12.8 Å². The summed E-state index contributed by atoms with van der Waals surface area (Å²) >= 11 is 3.42. The van der Waals surface area contributed by atoms with E-state index in [0.717, 1.165) is 41.3 Å². The van der Waals surface area contributed by atoms with Gasteiger partial charge < -0.3 is 5.32 Å². The van der Waals surface area contributed by atoms with E-state index in [-0.39, 0.29) is 0 Å². The normalized spacial score (nSPS) is 19.1. The van der Waals surface area contributed by atoms with E-state index in [2.05, 4.69) is 47.2 Å². The van der Waals surface area contributed by atoms with E-state index < -0.39 is 0 Å². The molecule has 22 heavy (non-hydrogen) atoms. The van der Waals surface area contributed by atoms with Crippen LogP contribution in [0, 0.1) is 6.92 Å². The summed E-state index contributed by atoms with van der Waals surface area (Å²) < 4.78 is 1.02. The van der Waals surface area contributed by atoms with Crippen molar-refractivity contribution in [1.82, 2.24) is 19.9 Å². The highest BCUT2D eigenvalue weighted by Gasteiger charge is 2.20. The average Bonchev–Trinajstić information content (AvgIpc) is 2.50. The number of aromatic nitrogens is 3. The molecule has 0 saturated carbocycles. The van der Waals surface area contributed by atoms with Crippen molar-refractivity contribution in [2.75, 3.05) is 18.4 Å². The van der Waals surface area contributed by atoms with Crippen LogP contribution in [0.1, 0.15) is 24.2 Å². The Bertz CT molecular complexity index is 616. The molecule has 0 spiro atoms. The van der Waals surface area contributed by atoms with Gasteiger partial charge in [0.1, 0.15) is 12.1 Å². The van der Waals surface area contributed by atoms with Crippen molar-refractivity contribution in [3.63, 3.8) is 0 Å². The smallest absolute Gasteiger partial charge is 0.129 e. The first-order valence-corrected chi connectivity index (χ1v) is 8.36. The lowest BCUT2D eigenvalue weighted by atomic mass is 10.1. The second kappa shape index (κ2) is 7.15. The molecule has 1 unspecified atom stereocenters. The molecule has 116 valence electrons. The van der Waals surface area contributed by atoms with Crippen molar-refractivity contribution in [3.8, 4) is 0 Å². The van der Waals surface area contributed by atoms with Gasteiger partial charge in [0.2, 0.25) is 0 Å². The molecule has 1 saturated heterocycles. The first kappa shape index (κ1) is 15.4. The zero-order chi connectivity index (χ0) is 15.4. The predicted molar refractivity (Wildman–Crippen MR) is 90.6 cm³/mol. The van der Waals surface area contributed by atoms with Gasteiger partial charge in [-0.25, -0.2) is 9.97 Å². The Morgan fingerprint density at radius 3 is 3.00 bits per heavy atom. The molecule has 5 nitrogen and oxygen atoms in total. The summed E-state index contributed by atoms with van der Waals surface area (Å²) in [4.78, 5) is 15.3. The van der Waals surface area contributed by atoms with Crippen molar-refractivity contribution >= 4 is 21.7 Å². The lowest BCUT2D eigenvalue weighted by molar-refractivity contribution is 0.206. The molecule has 1 fully saturated rings. The third-order valence-electron chi connectivity index (χ3n) is 3.84. The Morgan fingerprint density at radius 2 is 2.23 bits per heavy atom. The van der Waals surface area contributed by atoms with Gasteiger partial charge in [0.25, 0.3) is 0 Å². The fraction of sp³-hybridized carbons (Fsp3) is 0.438. The molecule has 0 amide bonds. The summed E-state index contributed by atoms with van der Waals surface area (Å²) in [7, 11) is 0. The van der Waals surface area contributed by atoms with Gasteiger partial charge in [-0.05, 0) is 54.4 Å². The largest absolute Gasteiger partial charge is 0.366 e. The lowest BCUT2D eigenvalue weighted by Gasteiger charge is -2.33.